The molecule has 17 heavy (non-hydrogen) atoms. The highest BCUT2D eigenvalue weighted by Gasteiger charge is 2.17. The zero-order valence-electron chi connectivity index (χ0n) is 9.86. The molecule has 94 valence electrons. The van der Waals surface area contributed by atoms with Crippen molar-refractivity contribution in [2.45, 2.75) is 25.5 Å². The van der Waals surface area contributed by atoms with Gasteiger partial charge in [0.1, 0.15) is 10.7 Å². The molecular weight excluding hydrogens is 238 g/mol. The van der Waals surface area contributed by atoms with Gasteiger partial charge in [-0.05, 0) is 19.4 Å². The number of hydrogen-bond acceptors (Lipinski definition) is 5. The number of aromatic nitrogens is 1. The van der Waals surface area contributed by atoms with Crippen LogP contribution in [0.2, 0.25) is 0 Å². The predicted octanol–water partition coefficient (Wildman–Crippen LogP) is 0.771. The minimum atomic E-state index is -0.0858. The van der Waals surface area contributed by atoms with Crippen LogP contribution in [0.5, 0.6) is 0 Å². The summed E-state index contributed by atoms with van der Waals surface area (Å²) < 4.78 is 4.98. The number of rotatable bonds is 4. The van der Waals surface area contributed by atoms with Gasteiger partial charge in [-0.3, -0.25) is 4.79 Å². The molecule has 2 heterocycles. The van der Waals surface area contributed by atoms with E-state index in [9.17, 15) is 4.79 Å². The van der Waals surface area contributed by atoms with Crippen LogP contribution < -0.4 is 10.6 Å². The van der Waals surface area contributed by atoms with E-state index < -0.39 is 0 Å². The van der Waals surface area contributed by atoms with Crippen LogP contribution in [0.3, 0.4) is 0 Å². The van der Waals surface area contributed by atoms with E-state index in [1.165, 1.54) is 11.3 Å². The molecule has 2 rings (SSSR count). The molecule has 0 unspecified atom stereocenters. The van der Waals surface area contributed by atoms with Gasteiger partial charge in [-0.1, -0.05) is 0 Å². The average Bonchev–Trinajstić information content (AvgIpc) is 2.79. The van der Waals surface area contributed by atoms with E-state index in [2.05, 4.69) is 15.6 Å². The molecule has 0 aliphatic carbocycles. The number of hydrogen-bond donors (Lipinski definition) is 2. The largest absolute Gasteiger partial charge is 0.378 e. The lowest BCUT2D eigenvalue weighted by Gasteiger charge is -2.23. The first-order chi connectivity index (χ1) is 8.29. The molecule has 2 N–H and O–H groups in total. The summed E-state index contributed by atoms with van der Waals surface area (Å²) in [4.78, 5) is 16.1. The molecule has 1 aromatic rings. The third kappa shape index (κ3) is 3.49. The van der Waals surface area contributed by atoms with Gasteiger partial charge in [-0.2, -0.15) is 0 Å². The van der Waals surface area contributed by atoms with E-state index in [0.29, 0.717) is 12.3 Å². The fourth-order valence-corrected chi connectivity index (χ4v) is 2.58. The molecule has 5 nitrogen and oxygen atoms in total. The Balaban J connectivity index is 1.89. The normalized spacial score (nSPS) is 20.2. The fraction of sp³-hybridized carbons (Fsp3) is 0.636. The highest BCUT2D eigenvalue weighted by molar-refractivity contribution is 7.09. The van der Waals surface area contributed by atoms with E-state index >= 15 is 0 Å². The minimum Gasteiger partial charge on any atom is -0.378 e. The second kappa shape index (κ2) is 6.09. The van der Waals surface area contributed by atoms with Crippen LogP contribution in [0.1, 0.15) is 28.3 Å². The summed E-state index contributed by atoms with van der Waals surface area (Å²) in [5, 5.41) is 8.87. The van der Waals surface area contributed by atoms with Gasteiger partial charge in [0.2, 0.25) is 0 Å². The first-order valence-corrected chi connectivity index (χ1v) is 6.62. The van der Waals surface area contributed by atoms with Crippen LogP contribution in [0.4, 0.5) is 0 Å². The molecule has 6 heteroatoms. The maximum atomic E-state index is 11.9. The summed E-state index contributed by atoms with van der Waals surface area (Å²) in [6.45, 7) is 2.35. The van der Waals surface area contributed by atoms with Gasteiger partial charge in [0.15, 0.2) is 0 Å². The number of thiazole rings is 1. The first kappa shape index (κ1) is 12.5. The van der Waals surface area contributed by atoms with Gasteiger partial charge in [0.25, 0.3) is 5.91 Å². The highest BCUT2D eigenvalue weighted by Crippen LogP contribution is 2.11. The summed E-state index contributed by atoms with van der Waals surface area (Å²) in [6, 6.07) is 0.226. The molecule has 0 bridgehead atoms. The smallest absolute Gasteiger partial charge is 0.271 e. The molecule has 1 fully saturated rings. The van der Waals surface area contributed by atoms with Crippen LogP contribution in [-0.4, -0.2) is 37.1 Å². The molecule has 1 saturated heterocycles. The quantitative estimate of drug-likeness (QED) is 0.834. The third-order valence-electron chi connectivity index (χ3n) is 2.68. The van der Waals surface area contributed by atoms with Gasteiger partial charge >= 0.3 is 0 Å². The molecule has 1 aliphatic rings. The summed E-state index contributed by atoms with van der Waals surface area (Å²) in [7, 11) is 1.62. The monoisotopic (exact) mass is 255 g/mol. The standard InChI is InChI=1S/C11H17N3O2S/c1-16-6-10-14-9(7-17-10)11(15)13-8-3-2-4-12-5-8/h7-8,12H,2-6H2,1H3,(H,13,15)/t8-/m0/s1. The maximum absolute atomic E-state index is 11.9. The van der Waals surface area contributed by atoms with Crippen molar-refractivity contribution in [3.05, 3.63) is 16.1 Å². The Labute approximate surface area is 105 Å². The Morgan fingerprint density at radius 2 is 2.65 bits per heavy atom. The maximum Gasteiger partial charge on any atom is 0.271 e. The fourth-order valence-electron chi connectivity index (χ4n) is 1.84. The zero-order chi connectivity index (χ0) is 12.1. The van der Waals surface area contributed by atoms with Crippen molar-refractivity contribution < 1.29 is 9.53 Å². The lowest BCUT2D eigenvalue weighted by Crippen LogP contribution is -2.45. The molecule has 0 aromatic carbocycles. The number of ether oxygens (including phenoxy) is 1. The molecular formula is C11H17N3O2S. The Kier molecular flexibility index (Phi) is 4.47. The number of methoxy groups -OCH3 is 1. The molecule has 1 aromatic heterocycles. The topological polar surface area (TPSA) is 63.2 Å². The van der Waals surface area contributed by atoms with E-state index in [1.54, 1.807) is 12.5 Å². The van der Waals surface area contributed by atoms with Gasteiger partial charge in [0.05, 0.1) is 6.61 Å². The molecule has 1 aliphatic heterocycles. The third-order valence-corrected chi connectivity index (χ3v) is 3.51. The SMILES string of the molecule is COCc1nc(C(=O)N[C@H]2CCCNC2)cs1. The number of nitrogens with one attached hydrogen (secondary N) is 2. The predicted molar refractivity (Wildman–Crippen MR) is 66.2 cm³/mol. The van der Waals surface area contributed by atoms with Crippen LogP contribution in [0.15, 0.2) is 5.38 Å². The Morgan fingerprint density at radius 3 is 3.35 bits per heavy atom. The van der Waals surface area contributed by atoms with E-state index in [4.69, 9.17) is 4.74 Å². The van der Waals surface area contributed by atoms with Crippen LogP contribution in [0.25, 0.3) is 0 Å². The highest BCUT2D eigenvalue weighted by atomic mass is 32.1. The number of amides is 1. The summed E-state index contributed by atoms with van der Waals surface area (Å²) in [5.41, 5.74) is 0.493. The van der Waals surface area contributed by atoms with E-state index in [0.717, 1.165) is 30.9 Å². The van der Waals surface area contributed by atoms with Gasteiger partial charge in [-0.25, -0.2) is 4.98 Å². The van der Waals surface area contributed by atoms with E-state index in [-0.39, 0.29) is 11.9 Å². The molecule has 0 spiro atoms. The van der Waals surface area contributed by atoms with Crippen molar-refractivity contribution in [3.8, 4) is 0 Å². The van der Waals surface area contributed by atoms with Crippen molar-refractivity contribution in [1.82, 2.24) is 15.6 Å². The van der Waals surface area contributed by atoms with Crippen LogP contribution >= 0.6 is 11.3 Å². The molecule has 0 saturated carbocycles. The number of nitrogens with zero attached hydrogens (tertiary/aromatic N) is 1. The molecule has 1 atom stereocenters. The van der Waals surface area contributed by atoms with Gasteiger partial charge in [-0.15, -0.1) is 11.3 Å². The zero-order valence-corrected chi connectivity index (χ0v) is 10.7. The van der Waals surface area contributed by atoms with Crippen LogP contribution in [0, 0.1) is 0 Å². The summed E-state index contributed by atoms with van der Waals surface area (Å²) in [6.07, 6.45) is 2.14. The number of carbonyl (C=O) groups excluding carboxylic acids is 1. The molecule has 0 radical (unpaired) electrons. The summed E-state index contributed by atoms with van der Waals surface area (Å²) >= 11 is 1.45. The lowest BCUT2D eigenvalue weighted by atomic mass is 10.1. The Bertz CT molecular complexity index is 375. The van der Waals surface area contributed by atoms with Crippen molar-refractivity contribution in [2.75, 3.05) is 20.2 Å². The number of carbonyl (C=O) groups is 1. The van der Waals surface area contributed by atoms with Crippen molar-refractivity contribution >= 4 is 17.2 Å². The Hall–Kier alpha value is -0.980. The average molecular weight is 255 g/mol. The van der Waals surface area contributed by atoms with Gasteiger partial charge < -0.3 is 15.4 Å². The van der Waals surface area contributed by atoms with Crippen molar-refractivity contribution in [2.24, 2.45) is 0 Å². The Morgan fingerprint density at radius 1 is 1.76 bits per heavy atom. The van der Waals surface area contributed by atoms with Gasteiger partial charge in [0, 0.05) is 25.1 Å². The first-order valence-electron chi connectivity index (χ1n) is 5.74. The molecule has 1 amide bonds. The van der Waals surface area contributed by atoms with Crippen molar-refractivity contribution in [3.63, 3.8) is 0 Å². The van der Waals surface area contributed by atoms with Crippen molar-refractivity contribution in [1.29, 1.82) is 0 Å². The van der Waals surface area contributed by atoms with E-state index in [1.807, 2.05) is 0 Å². The minimum absolute atomic E-state index is 0.0858. The van der Waals surface area contributed by atoms with Crippen LogP contribution in [-0.2, 0) is 11.3 Å². The second-order valence-corrected chi connectivity index (χ2v) is 5.02. The summed E-state index contributed by atoms with van der Waals surface area (Å²) in [5.74, 6) is -0.0858. The lowest BCUT2D eigenvalue weighted by molar-refractivity contribution is 0.0925. The number of piperidine rings is 1. The second-order valence-electron chi connectivity index (χ2n) is 4.08.